The second-order valence-electron chi connectivity index (χ2n) is 8.56. The van der Waals surface area contributed by atoms with E-state index >= 15 is 0 Å². The molecule has 2 saturated heterocycles. The summed E-state index contributed by atoms with van der Waals surface area (Å²) in [4.78, 5) is 5.06. The zero-order chi connectivity index (χ0) is 18.9. The third-order valence-corrected chi connectivity index (χ3v) is 7.10. The maximum Gasteiger partial charge on any atom is 0.0558 e. The van der Waals surface area contributed by atoms with Crippen molar-refractivity contribution in [3.05, 3.63) is 71.8 Å². The van der Waals surface area contributed by atoms with Gasteiger partial charge in [-0.15, -0.1) is 0 Å². The molecule has 2 aromatic rings. The van der Waals surface area contributed by atoms with Crippen molar-refractivity contribution >= 4 is 0 Å². The molecule has 144 valence electrons. The van der Waals surface area contributed by atoms with Gasteiger partial charge in [0.25, 0.3) is 0 Å². The van der Waals surface area contributed by atoms with Gasteiger partial charge in [0.2, 0.25) is 0 Å². The second kappa shape index (κ2) is 7.75. The minimum Gasteiger partial charge on any atom is -0.395 e. The molecule has 2 heterocycles. The van der Waals surface area contributed by atoms with Gasteiger partial charge in [-0.2, -0.15) is 0 Å². The van der Waals surface area contributed by atoms with Crippen LogP contribution in [0, 0.1) is 0 Å². The molecule has 3 aliphatic rings. The van der Waals surface area contributed by atoms with E-state index in [0.717, 1.165) is 13.1 Å². The maximum atomic E-state index is 9.77. The number of rotatable bonds is 5. The van der Waals surface area contributed by atoms with Crippen LogP contribution in [0.4, 0.5) is 0 Å². The van der Waals surface area contributed by atoms with E-state index in [1.165, 1.54) is 30.4 Å². The number of aliphatic hydroxyl groups is 1. The van der Waals surface area contributed by atoms with E-state index in [-0.39, 0.29) is 12.1 Å². The quantitative estimate of drug-likeness (QED) is 0.876. The van der Waals surface area contributed by atoms with Crippen molar-refractivity contribution in [1.82, 2.24) is 9.80 Å². The molecule has 27 heavy (non-hydrogen) atoms. The summed E-state index contributed by atoms with van der Waals surface area (Å²) in [7, 11) is 4.51. The molecule has 0 amide bonds. The van der Waals surface area contributed by atoms with Crippen LogP contribution in [-0.2, 0) is 0 Å². The molecule has 0 unspecified atom stereocenters. The van der Waals surface area contributed by atoms with Gasteiger partial charge < -0.3 is 10.0 Å². The summed E-state index contributed by atoms with van der Waals surface area (Å²) >= 11 is 0. The van der Waals surface area contributed by atoms with Gasteiger partial charge in [-0.25, -0.2) is 0 Å². The van der Waals surface area contributed by atoms with Crippen molar-refractivity contribution in [3.8, 4) is 0 Å². The molecule has 2 aliphatic heterocycles. The molecule has 1 N–H and O–H groups in total. The summed E-state index contributed by atoms with van der Waals surface area (Å²) in [5.74, 6) is 0.975. The lowest BCUT2D eigenvalue weighted by molar-refractivity contribution is 0.0626. The Kier molecular flexibility index (Phi) is 5.36. The molecule has 5 rings (SSSR count). The molecule has 3 fully saturated rings. The third kappa shape index (κ3) is 3.44. The highest BCUT2D eigenvalue weighted by Gasteiger charge is 2.52. The summed E-state index contributed by atoms with van der Waals surface area (Å²) in [6.07, 6.45) is 3.56. The van der Waals surface area contributed by atoms with Gasteiger partial charge in [-0.3, -0.25) is 4.90 Å². The topological polar surface area (TPSA) is 26.7 Å². The number of aliphatic hydroxyl groups excluding tert-OH is 1. The first-order valence-corrected chi connectivity index (χ1v) is 10.3. The Labute approximate surface area is 163 Å². The Morgan fingerprint density at radius 1 is 0.926 bits per heavy atom. The lowest BCUT2D eigenvalue weighted by atomic mass is 9.63. The average Bonchev–Trinajstić information content (AvgIpc) is 2.97. The highest BCUT2D eigenvalue weighted by atomic mass is 16.3. The zero-order valence-corrected chi connectivity index (χ0v) is 16.6. The molecule has 3 nitrogen and oxygen atoms in total. The summed E-state index contributed by atoms with van der Waals surface area (Å²) < 4.78 is 0. The Balaban J connectivity index is 1.84. The third-order valence-electron chi connectivity index (χ3n) is 7.10. The molecule has 2 bridgehead atoms. The van der Waals surface area contributed by atoms with Crippen LogP contribution in [0.1, 0.15) is 42.2 Å². The largest absolute Gasteiger partial charge is 0.395 e. The maximum absolute atomic E-state index is 9.77. The van der Waals surface area contributed by atoms with Crippen LogP contribution in [0.3, 0.4) is 0 Å². The van der Waals surface area contributed by atoms with E-state index in [1.54, 1.807) is 0 Å². The molecule has 0 spiro atoms. The van der Waals surface area contributed by atoms with Crippen molar-refractivity contribution in [1.29, 1.82) is 0 Å². The lowest BCUT2D eigenvalue weighted by Crippen LogP contribution is -2.52. The van der Waals surface area contributed by atoms with E-state index in [1.807, 2.05) is 0 Å². The van der Waals surface area contributed by atoms with Crippen molar-refractivity contribution in [3.63, 3.8) is 0 Å². The van der Waals surface area contributed by atoms with Crippen molar-refractivity contribution < 1.29 is 5.11 Å². The van der Waals surface area contributed by atoms with Gasteiger partial charge >= 0.3 is 0 Å². The first-order valence-electron chi connectivity index (χ1n) is 10.3. The van der Waals surface area contributed by atoms with Gasteiger partial charge in [0.1, 0.15) is 0 Å². The monoisotopic (exact) mass is 364 g/mol. The standard InChI is InChI=1S/C24H32N2O/c1-25(2)24-13-14-26(15-16-27)23(21(17-24)19-9-5-3-6-10-19)22(18-24)20-11-7-4-8-12-20/h3-12,21-23,27H,13-18H2,1-2H3/t21-,22-,23?,24?/m0/s1. The van der Waals surface area contributed by atoms with Crippen molar-refractivity contribution in [2.45, 2.75) is 42.7 Å². The van der Waals surface area contributed by atoms with Gasteiger partial charge in [0.15, 0.2) is 0 Å². The molecule has 2 aromatic carbocycles. The molecule has 0 aromatic heterocycles. The normalized spacial score (nSPS) is 31.2. The minimum absolute atomic E-state index is 0.210. The molecule has 3 heteroatoms. The lowest BCUT2D eigenvalue weighted by Gasteiger charge is -2.51. The fourth-order valence-electron chi connectivity index (χ4n) is 5.65. The number of fused-ring (bicyclic) bond motifs is 4. The predicted molar refractivity (Wildman–Crippen MR) is 111 cm³/mol. The number of hydrogen-bond donors (Lipinski definition) is 1. The molecule has 1 aliphatic carbocycles. The predicted octanol–water partition coefficient (Wildman–Crippen LogP) is 3.71. The SMILES string of the molecule is CN(C)C12CCN(CCO)C([C@H](c3ccccc3)C1)[C@H](c1ccccc1)C2. The van der Waals surface area contributed by atoms with E-state index in [2.05, 4.69) is 84.6 Å². The highest BCUT2D eigenvalue weighted by molar-refractivity contribution is 5.32. The number of hydrogen-bond acceptors (Lipinski definition) is 3. The van der Waals surface area contributed by atoms with E-state index in [9.17, 15) is 5.11 Å². The summed E-state index contributed by atoms with van der Waals surface area (Å²) in [6, 6.07) is 22.5. The summed E-state index contributed by atoms with van der Waals surface area (Å²) in [6.45, 7) is 2.06. The highest BCUT2D eigenvalue weighted by Crippen LogP contribution is 2.53. The zero-order valence-electron chi connectivity index (χ0n) is 16.6. The molecular formula is C24H32N2O. The van der Waals surface area contributed by atoms with E-state index in [4.69, 9.17) is 0 Å². The Morgan fingerprint density at radius 2 is 1.44 bits per heavy atom. The number of nitrogens with zero attached hydrogens (tertiary/aromatic N) is 2. The van der Waals surface area contributed by atoms with Crippen LogP contribution in [0.25, 0.3) is 0 Å². The smallest absolute Gasteiger partial charge is 0.0558 e. The molecular weight excluding hydrogens is 332 g/mol. The van der Waals surface area contributed by atoms with Crippen LogP contribution in [-0.4, -0.2) is 60.3 Å². The summed E-state index contributed by atoms with van der Waals surface area (Å²) in [5.41, 5.74) is 3.10. The van der Waals surface area contributed by atoms with Crippen LogP contribution in [0.2, 0.25) is 0 Å². The average molecular weight is 365 g/mol. The fourth-order valence-corrected chi connectivity index (χ4v) is 5.65. The molecule has 2 atom stereocenters. The van der Waals surface area contributed by atoms with Gasteiger partial charge in [0.05, 0.1) is 6.61 Å². The van der Waals surface area contributed by atoms with Crippen LogP contribution in [0.5, 0.6) is 0 Å². The van der Waals surface area contributed by atoms with Gasteiger partial charge in [0, 0.05) is 36.5 Å². The van der Waals surface area contributed by atoms with Crippen LogP contribution < -0.4 is 0 Å². The van der Waals surface area contributed by atoms with E-state index in [0.29, 0.717) is 17.9 Å². The van der Waals surface area contributed by atoms with Gasteiger partial charge in [-0.05, 0) is 44.5 Å². The Morgan fingerprint density at radius 3 is 1.89 bits per heavy atom. The summed E-state index contributed by atoms with van der Waals surface area (Å²) in [5, 5.41) is 9.77. The molecule has 0 radical (unpaired) electrons. The Hall–Kier alpha value is -1.68. The number of benzene rings is 2. The van der Waals surface area contributed by atoms with Crippen molar-refractivity contribution in [2.24, 2.45) is 0 Å². The first kappa shape index (κ1) is 18.7. The van der Waals surface area contributed by atoms with Crippen LogP contribution in [0.15, 0.2) is 60.7 Å². The molecule has 1 saturated carbocycles. The van der Waals surface area contributed by atoms with E-state index < -0.39 is 0 Å². The Bertz CT molecular complexity index is 681. The first-order chi connectivity index (χ1) is 13.1. The second-order valence-corrected chi connectivity index (χ2v) is 8.56. The van der Waals surface area contributed by atoms with Crippen LogP contribution >= 0.6 is 0 Å². The van der Waals surface area contributed by atoms with Crippen molar-refractivity contribution in [2.75, 3.05) is 33.8 Å². The van der Waals surface area contributed by atoms with Gasteiger partial charge in [-0.1, -0.05) is 60.7 Å². The minimum atomic E-state index is 0.210. The fraction of sp³-hybridized carbons (Fsp3) is 0.500.